The first kappa shape index (κ1) is 16.0. The summed E-state index contributed by atoms with van der Waals surface area (Å²) in [5, 5.41) is 3.60. The molecule has 0 spiro atoms. The average molecular weight is 259 g/mol. The molecule has 0 saturated heterocycles. The molecule has 0 fully saturated rings. The third kappa shape index (κ3) is 6.58. The SMILES string of the molecule is C=C(CC)CCC(CNCC(C)C)c1ccccc1. The van der Waals surface area contributed by atoms with Crippen molar-refractivity contribution in [2.24, 2.45) is 5.92 Å². The minimum Gasteiger partial charge on any atom is -0.316 e. The molecule has 1 rings (SSSR count). The van der Waals surface area contributed by atoms with Gasteiger partial charge in [-0.2, -0.15) is 0 Å². The van der Waals surface area contributed by atoms with Crippen LogP contribution < -0.4 is 5.32 Å². The smallest absolute Gasteiger partial charge is 0.00203 e. The molecule has 1 nitrogen and oxygen atoms in total. The van der Waals surface area contributed by atoms with Crippen LogP contribution in [0.25, 0.3) is 0 Å². The van der Waals surface area contributed by atoms with Gasteiger partial charge in [0, 0.05) is 6.54 Å². The van der Waals surface area contributed by atoms with Gasteiger partial charge in [-0.05, 0) is 43.2 Å². The van der Waals surface area contributed by atoms with Gasteiger partial charge in [0.05, 0.1) is 0 Å². The summed E-state index contributed by atoms with van der Waals surface area (Å²) in [6, 6.07) is 10.9. The third-order valence-electron chi connectivity index (χ3n) is 3.56. The molecule has 0 bridgehead atoms. The Balaban J connectivity index is 2.55. The fraction of sp³-hybridized carbons (Fsp3) is 0.556. The van der Waals surface area contributed by atoms with Crippen LogP contribution in [0, 0.1) is 5.92 Å². The van der Waals surface area contributed by atoms with Crippen LogP contribution in [0.2, 0.25) is 0 Å². The molecular formula is C18H29N. The topological polar surface area (TPSA) is 12.0 Å². The van der Waals surface area contributed by atoms with Crippen molar-refractivity contribution in [3.63, 3.8) is 0 Å². The fourth-order valence-electron chi connectivity index (χ4n) is 2.21. The molecule has 1 heteroatoms. The lowest BCUT2D eigenvalue weighted by atomic mass is 9.92. The zero-order chi connectivity index (χ0) is 14.1. The summed E-state index contributed by atoms with van der Waals surface area (Å²) in [6.45, 7) is 13.0. The molecule has 1 N–H and O–H groups in total. The number of nitrogens with one attached hydrogen (secondary N) is 1. The maximum atomic E-state index is 4.13. The first-order valence-corrected chi connectivity index (χ1v) is 7.55. The molecule has 0 heterocycles. The zero-order valence-electron chi connectivity index (χ0n) is 12.8. The van der Waals surface area contributed by atoms with Crippen molar-refractivity contribution in [3.05, 3.63) is 48.0 Å². The van der Waals surface area contributed by atoms with Crippen LogP contribution in [0.3, 0.4) is 0 Å². The van der Waals surface area contributed by atoms with Gasteiger partial charge in [0.15, 0.2) is 0 Å². The Hall–Kier alpha value is -1.08. The minimum absolute atomic E-state index is 0.600. The molecule has 1 atom stereocenters. The second-order valence-corrected chi connectivity index (χ2v) is 5.80. The van der Waals surface area contributed by atoms with Crippen molar-refractivity contribution >= 4 is 0 Å². The van der Waals surface area contributed by atoms with Gasteiger partial charge >= 0.3 is 0 Å². The highest BCUT2D eigenvalue weighted by Gasteiger charge is 2.11. The van der Waals surface area contributed by atoms with E-state index in [2.05, 4.69) is 63.0 Å². The van der Waals surface area contributed by atoms with Gasteiger partial charge in [0.25, 0.3) is 0 Å². The van der Waals surface area contributed by atoms with E-state index in [1.165, 1.54) is 17.6 Å². The molecule has 0 aliphatic rings. The number of allylic oxidation sites excluding steroid dienone is 1. The summed E-state index contributed by atoms with van der Waals surface area (Å²) >= 11 is 0. The molecular weight excluding hydrogens is 230 g/mol. The van der Waals surface area contributed by atoms with Crippen LogP contribution in [-0.2, 0) is 0 Å². The van der Waals surface area contributed by atoms with Crippen molar-refractivity contribution < 1.29 is 0 Å². The summed E-state index contributed by atoms with van der Waals surface area (Å²) in [4.78, 5) is 0. The van der Waals surface area contributed by atoms with Gasteiger partial charge in [-0.15, -0.1) is 0 Å². The molecule has 0 saturated carbocycles. The Morgan fingerprint density at radius 1 is 1.16 bits per heavy atom. The monoisotopic (exact) mass is 259 g/mol. The Morgan fingerprint density at radius 3 is 2.42 bits per heavy atom. The molecule has 0 aliphatic carbocycles. The number of hydrogen-bond acceptors (Lipinski definition) is 1. The van der Waals surface area contributed by atoms with E-state index in [0.29, 0.717) is 11.8 Å². The lowest BCUT2D eigenvalue weighted by molar-refractivity contribution is 0.499. The second kappa shape index (κ2) is 8.92. The third-order valence-corrected chi connectivity index (χ3v) is 3.56. The van der Waals surface area contributed by atoms with Crippen molar-refractivity contribution in [1.29, 1.82) is 0 Å². The molecule has 0 amide bonds. The van der Waals surface area contributed by atoms with E-state index in [-0.39, 0.29) is 0 Å². The maximum absolute atomic E-state index is 4.13. The van der Waals surface area contributed by atoms with Crippen LogP contribution >= 0.6 is 0 Å². The second-order valence-electron chi connectivity index (χ2n) is 5.80. The van der Waals surface area contributed by atoms with Gasteiger partial charge in [-0.1, -0.05) is 63.3 Å². The predicted molar refractivity (Wildman–Crippen MR) is 85.6 cm³/mol. The highest BCUT2D eigenvalue weighted by atomic mass is 14.9. The summed E-state index contributed by atoms with van der Waals surface area (Å²) in [7, 11) is 0. The maximum Gasteiger partial charge on any atom is 0.00203 e. The Bertz CT molecular complexity index is 353. The lowest BCUT2D eigenvalue weighted by Crippen LogP contribution is -2.25. The van der Waals surface area contributed by atoms with Gasteiger partial charge in [-0.3, -0.25) is 0 Å². The fourth-order valence-corrected chi connectivity index (χ4v) is 2.21. The van der Waals surface area contributed by atoms with E-state index in [1.807, 2.05) is 0 Å². The van der Waals surface area contributed by atoms with E-state index in [1.54, 1.807) is 0 Å². The number of benzene rings is 1. The van der Waals surface area contributed by atoms with E-state index >= 15 is 0 Å². The lowest BCUT2D eigenvalue weighted by Gasteiger charge is -2.19. The predicted octanol–water partition coefficient (Wildman–Crippen LogP) is 4.76. The number of hydrogen-bond donors (Lipinski definition) is 1. The molecule has 106 valence electrons. The normalized spacial score (nSPS) is 12.6. The summed E-state index contributed by atoms with van der Waals surface area (Å²) in [5.41, 5.74) is 2.81. The molecule has 0 aromatic heterocycles. The zero-order valence-corrected chi connectivity index (χ0v) is 12.8. The standard InChI is InChI=1S/C18H29N/c1-5-16(4)11-12-18(14-19-13-15(2)3)17-9-7-6-8-10-17/h6-10,15,18-19H,4-5,11-14H2,1-3H3. The Labute approximate surface area is 119 Å². The van der Waals surface area contributed by atoms with Crippen LogP contribution in [0.1, 0.15) is 51.5 Å². The first-order valence-electron chi connectivity index (χ1n) is 7.55. The van der Waals surface area contributed by atoms with Crippen molar-refractivity contribution in [1.82, 2.24) is 5.32 Å². The molecule has 1 aromatic rings. The van der Waals surface area contributed by atoms with Gasteiger partial charge in [0.2, 0.25) is 0 Å². The van der Waals surface area contributed by atoms with Gasteiger partial charge in [-0.25, -0.2) is 0 Å². The van der Waals surface area contributed by atoms with Crippen molar-refractivity contribution in [2.75, 3.05) is 13.1 Å². The highest BCUT2D eigenvalue weighted by molar-refractivity contribution is 5.20. The van der Waals surface area contributed by atoms with Crippen LogP contribution in [0.5, 0.6) is 0 Å². The average Bonchev–Trinajstić information content (AvgIpc) is 2.42. The first-order chi connectivity index (χ1) is 9.13. The van der Waals surface area contributed by atoms with Crippen LogP contribution in [-0.4, -0.2) is 13.1 Å². The molecule has 0 aliphatic heterocycles. The van der Waals surface area contributed by atoms with E-state index in [0.717, 1.165) is 25.9 Å². The molecule has 1 unspecified atom stereocenters. The molecule has 0 radical (unpaired) electrons. The van der Waals surface area contributed by atoms with Crippen LogP contribution in [0.4, 0.5) is 0 Å². The van der Waals surface area contributed by atoms with Crippen molar-refractivity contribution in [3.8, 4) is 0 Å². The van der Waals surface area contributed by atoms with Crippen molar-refractivity contribution in [2.45, 2.75) is 46.0 Å². The Kier molecular flexibility index (Phi) is 7.50. The number of rotatable bonds is 9. The van der Waals surface area contributed by atoms with Crippen LogP contribution in [0.15, 0.2) is 42.5 Å². The summed E-state index contributed by atoms with van der Waals surface area (Å²) in [5.74, 6) is 1.31. The Morgan fingerprint density at radius 2 is 1.84 bits per heavy atom. The van der Waals surface area contributed by atoms with Gasteiger partial charge < -0.3 is 5.32 Å². The van der Waals surface area contributed by atoms with E-state index in [4.69, 9.17) is 0 Å². The largest absolute Gasteiger partial charge is 0.316 e. The molecule has 19 heavy (non-hydrogen) atoms. The van der Waals surface area contributed by atoms with E-state index < -0.39 is 0 Å². The summed E-state index contributed by atoms with van der Waals surface area (Å²) < 4.78 is 0. The molecule has 1 aromatic carbocycles. The quantitative estimate of drug-likeness (QED) is 0.630. The highest BCUT2D eigenvalue weighted by Crippen LogP contribution is 2.23. The minimum atomic E-state index is 0.600. The van der Waals surface area contributed by atoms with E-state index in [9.17, 15) is 0 Å². The van der Waals surface area contributed by atoms with Gasteiger partial charge in [0.1, 0.15) is 0 Å². The summed E-state index contributed by atoms with van der Waals surface area (Å²) in [6.07, 6.45) is 3.43.